The average Bonchev–Trinajstić information content (AvgIpc) is 3.41. The molecule has 13 nitrogen and oxygen atoms in total. The van der Waals surface area contributed by atoms with Crippen molar-refractivity contribution in [2.24, 2.45) is 0 Å². The van der Waals surface area contributed by atoms with Crippen LogP contribution in [0.3, 0.4) is 0 Å². The molecule has 5 rings (SSSR count). The van der Waals surface area contributed by atoms with Gasteiger partial charge in [-0.2, -0.15) is 0 Å². The van der Waals surface area contributed by atoms with E-state index in [1.807, 2.05) is 0 Å². The molecule has 0 aliphatic carbocycles. The molecular formula is C32H32N4O9. The number of β-amino-alcohol motifs (C(OH)–C–C–N with tert-alkyl or cyclic N) is 2. The monoisotopic (exact) mass is 616 g/mol. The molecule has 3 aromatic carbocycles. The fourth-order valence-electron chi connectivity index (χ4n) is 5.36. The van der Waals surface area contributed by atoms with Crippen LogP contribution in [0.1, 0.15) is 41.4 Å². The largest absolute Gasteiger partial charge is 0.480 e. The third kappa shape index (κ3) is 7.01. The number of amides is 4. The van der Waals surface area contributed by atoms with E-state index in [1.54, 1.807) is 77.7 Å². The van der Waals surface area contributed by atoms with Crippen LogP contribution in [-0.4, -0.2) is 113 Å². The molecule has 1 unspecified atom stereocenters. The summed E-state index contributed by atoms with van der Waals surface area (Å²) < 4.78 is 5.02. The summed E-state index contributed by atoms with van der Waals surface area (Å²) in [5.74, 6) is -3.08. The Bertz CT molecular complexity index is 1450. The highest BCUT2D eigenvalue weighted by Crippen LogP contribution is 2.25. The summed E-state index contributed by atoms with van der Waals surface area (Å²) in [7, 11) is 0. The first-order valence-electron chi connectivity index (χ1n) is 14.3. The second kappa shape index (κ2) is 13.7. The molecule has 234 valence electrons. The highest BCUT2D eigenvalue weighted by molar-refractivity contribution is 6.22. The zero-order valence-corrected chi connectivity index (χ0v) is 24.2. The predicted molar refractivity (Wildman–Crippen MR) is 161 cm³/mol. The van der Waals surface area contributed by atoms with Crippen molar-refractivity contribution in [2.75, 3.05) is 56.2 Å². The molecule has 2 aliphatic rings. The molecule has 0 bridgehead atoms. The minimum Gasteiger partial charge on any atom is -0.480 e. The first-order chi connectivity index (χ1) is 21.6. The molecule has 0 spiro atoms. The van der Waals surface area contributed by atoms with E-state index in [0.29, 0.717) is 17.9 Å². The minimum absolute atomic E-state index is 0.0949. The number of hydrogen-bond donors (Lipinski definition) is 4. The summed E-state index contributed by atoms with van der Waals surface area (Å²) in [5, 5.41) is 33.9. The number of imide groups is 2. The Balaban J connectivity index is 1.27. The second-order valence-electron chi connectivity index (χ2n) is 10.7. The average molecular weight is 617 g/mol. The third-order valence-electron chi connectivity index (χ3n) is 7.44. The van der Waals surface area contributed by atoms with Crippen LogP contribution >= 0.6 is 0 Å². The molecule has 2 heterocycles. The fraction of sp³-hybridized carbons (Fsp3) is 0.281. The molecular weight excluding hydrogens is 584 g/mol. The van der Waals surface area contributed by atoms with Gasteiger partial charge in [0.25, 0.3) is 23.6 Å². The summed E-state index contributed by atoms with van der Waals surface area (Å²) in [4.78, 5) is 65.6. The summed E-state index contributed by atoms with van der Waals surface area (Å²) in [6, 6.07) is 19.8. The number of benzene rings is 3. The van der Waals surface area contributed by atoms with Gasteiger partial charge in [0.05, 0.1) is 54.2 Å². The van der Waals surface area contributed by atoms with Crippen LogP contribution in [0.15, 0.2) is 72.8 Å². The number of rotatable bonds is 15. The van der Waals surface area contributed by atoms with Gasteiger partial charge in [-0.15, -0.1) is 0 Å². The number of carboxylic acids is 1. The van der Waals surface area contributed by atoms with Crippen LogP contribution in [0.25, 0.3) is 0 Å². The lowest BCUT2D eigenvalue weighted by atomic mass is 10.1. The van der Waals surface area contributed by atoms with Crippen LogP contribution in [0.5, 0.6) is 0 Å². The molecule has 0 aromatic heterocycles. The molecule has 13 heteroatoms. The molecule has 0 radical (unpaired) electrons. The van der Waals surface area contributed by atoms with Crippen LogP contribution < -0.4 is 10.2 Å². The molecule has 45 heavy (non-hydrogen) atoms. The van der Waals surface area contributed by atoms with Gasteiger partial charge in [0.1, 0.15) is 6.61 Å². The van der Waals surface area contributed by atoms with Crippen molar-refractivity contribution >= 4 is 41.0 Å². The van der Waals surface area contributed by atoms with E-state index < -0.39 is 48.4 Å². The van der Waals surface area contributed by atoms with Crippen molar-refractivity contribution in [3.8, 4) is 0 Å². The molecule has 4 amide bonds. The first kappa shape index (κ1) is 31.3. The Morgan fingerprint density at radius 2 is 1.13 bits per heavy atom. The number of aliphatic hydroxyl groups is 2. The van der Waals surface area contributed by atoms with Gasteiger partial charge >= 0.3 is 5.97 Å². The highest BCUT2D eigenvalue weighted by atomic mass is 16.5. The lowest BCUT2D eigenvalue weighted by molar-refractivity contribution is -0.142. The van der Waals surface area contributed by atoms with Crippen LogP contribution in [0, 0.1) is 0 Å². The Morgan fingerprint density at radius 1 is 0.711 bits per heavy atom. The van der Waals surface area contributed by atoms with E-state index in [1.165, 1.54) is 0 Å². The van der Waals surface area contributed by atoms with Gasteiger partial charge in [0.15, 0.2) is 0 Å². The Hall–Kier alpha value is -5.11. The van der Waals surface area contributed by atoms with Crippen molar-refractivity contribution in [3.63, 3.8) is 0 Å². The van der Waals surface area contributed by atoms with Gasteiger partial charge in [0.2, 0.25) is 0 Å². The number of hydrogen-bond acceptors (Lipinski definition) is 10. The molecule has 4 N–H and O–H groups in total. The van der Waals surface area contributed by atoms with Gasteiger partial charge in [-0.25, -0.2) is 4.79 Å². The highest BCUT2D eigenvalue weighted by Gasteiger charge is 2.38. The van der Waals surface area contributed by atoms with E-state index in [2.05, 4.69) is 5.32 Å². The maximum absolute atomic E-state index is 12.8. The molecule has 0 saturated heterocycles. The second-order valence-corrected chi connectivity index (χ2v) is 10.7. The lowest BCUT2D eigenvalue weighted by Gasteiger charge is -2.31. The molecule has 3 aromatic rings. The van der Waals surface area contributed by atoms with E-state index in [-0.39, 0.29) is 55.0 Å². The van der Waals surface area contributed by atoms with Gasteiger partial charge in [-0.3, -0.25) is 29.0 Å². The summed E-state index contributed by atoms with van der Waals surface area (Å²) in [6.07, 6.45) is -2.41. The van der Waals surface area contributed by atoms with Crippen molar-refractivity contribution in [2.45, 2.75) is 12.2 Å². The lowest BCUT2D eigenvalue weighted by Crippen LogP contribution is -2.47. The van der Waals surface area contributed by atoms with E-state index >= 15 is 0 Å². The first-order valence-corrected chi connectivity index (χ1v) is 14.3. The van der Waals surface area contributed by atoms with Gasteiger partial charge in [0, 0.05) is 31.0 Å². The number of nitrogens with one attached hydrogen (secondary N) is 1. The third-order valence-corrected chi connectivity index (χ3v) is 7.44. The number of anilines is 2. The quantitative estimate of drug-likeness (QED) is 0.143. The number of carboxylic acid groups (broad SMARTS) is 1. The number of ether oxygens (including phenoxy) is 1. The molecule has 0 fully saturated rings. The molecule has 0 saturated carbocycles. The van der Waals surface area contributed by atoms with Gasteiger partial charge in [-0.05, 0) is 48.5 Å². The molecule has 2 aliphatic heterocycles. The Morgan fingerprint density at radius 3 is 1.53 bits per heavy atom. The van der Waals surface area contributed by atoms with Gasteiger partial charge in [-0.1, -0.05) is 24.3 Å². The van der Waals surface area contributed by atoms with Crippen LogP contribution in [0.4, 0.5) is 11.4 Å². The number of nitrogens with zero attached hydrogens (tertiary/aromatic N) is 3. The van der Waals surface area contributed by atoms with Gasteiger partial charge < -0.3 is 30.3 Å². The maximum atomic E-state index is 12.8. The number of carbonyl (C=O) groups excluding carboxylic acids is 4. The SMILES string of the molecule is O=C(O)COCCNc1ccc(N(CC(O)CN2C(=O)c3ccccc3C2=O)C[C@@H](O)CN2C(=O)c3ccccc3C2=O)cc1. The smallest absolute Gasteiger partial charge is 0.329 e. The zero-order chi connectivity index (χ0) is 32.1. The zero-order valence-electron chi connectivity index (χ0n) is 24.2. The van der Waals surface area contributed by atoms with E-state index in [4.69, 9.17) is 9.84 Å². The number of aliphatic hydroxyl groups excluding tert-OH is 2. The molecule has 2 atom stereocenters. The number of carbonyl (C=O) groups is 5. The van der Waals surface area contributed by atoms with Crippen LogP contribution in [-0.2, 0) is 9.53 Å². The standard InChI is InChI=1S/C32H32N4O9/c37-22(17-35-29(41)24-5-1-2-6-25(24)30(35)42)15-34(21-11-9-20(10-12-21)33-13-14-45-19-28(39)40)16-23(38)18-36-31(43)26-7-3-4-8-27(26)32(36)44/h1-12,22-23,33,37-38H,13-19H2,(H,39,40)/t22-,23?/m1/s1. The topological polar surface area (TPSA) is 177 Å². The van der Waals surface area contributed by atoms with E-state index in [9.17, 15) is 34.2 Å². The van der Waals surface area contributed by atoms with Crippen molar-refractivity contribution in [1.29, 1.82) is 0 Å². The van der Waals surface area contributed by atoms with Crippen LogP contribution in [0.2, 0.25) is 0 Å². The number of fused-ring (bicyclic) bond motifs is 2. The van der Waals surface area contributed by atoms with Crippen molar-refractivity contribution in [1.82, 2.24) is 9.80 Å². The summed E-state index contributed by atoms with van der Waals surface area (Å²) in [6.45, 7) is -0.629. The Labute approximate surface area is 258 Å². The van der Waals surface area contributed by atoms with Crippen molar-refractivity contribution in [3.05, 3.63) is 95.1 Å². The maximum Gasteiger partial charge on any atom is 0.329 e. The minimum atomic E-state index is -1.21. The number of aliphatic carboxylic acids is 1. The normalized spacial score (nSPS) is 15.2. The Kier molecular flexibility index (Phi) is 9.52. The fourth-order valence-corrected chi connectivity index (χ4v) is 5.36. The summed E-state index contributed by atoms with van der Waals surface area (Å²) in [5.41, 5.74) is 2.33. The van der Waals surface area contributed by atoms with E-state index in [0.717, 1.165) is 9.80 Å². The predicted octanol–water partition coefficient (Wildman–Crippen LogP) is 1.32. The summed E-state index contributed by atoms with van der Waals surface area (Å²) >= 11 is 0. The van der Waals surface area contributed by atoms with Crippen molar-refractivity contribution < 1.29 is 44.0 Å².